The molecule has 0 aromatic heterocycles. The molecule has 22 heavy (non-hydrogen) atoms. The maximum atomic E-state index is 13.0. The first-order valence-electron chi connectivity index (χ1n) is 6.59. The van der Waals surface area contributed by atoms with Gasteiger partial charge in [0.05, 0.1) is 0 Å². The first kappa shape index (κ1) is 18.7. The van der Waals surface area contributed by atoms with E-state index in [0.29, 0.717) is 0 Å². The highest BCUT2D eigenvalue weighted by Gasteiger charge is 2.43. The first-order valence-corrected chi connectivity index (χ1v) is 12.4. The smallest absolute Gasteiger partial charge is 0.263 e. The van der Waals surface area contributed by atoms with Gasteiger partial charge in [-0.2, -0.15) is 11.8 Å². The Kier molecular flexibility index (Phi) is 7.22. The molecule has 0 aliphatic carbocycles. The SMILES string of the molecule is CC1(C)SCCN(Sc2ccc(F)cc2)C1C(=O)NOPI. The molecule has 1 aliphatic heterocycles. The van der Waals surface area contributed by atoms with Crippen molar-refractivity contribution in [3.63, 3.8) is 0 Å². The molecule has 1 fully saturated rings. The van der Waals surface area contributed by atoms with Crippen LogP contribution in [0.15, 0.2) is 29.2 Å². The Morgan fingerprint density at radius 3 is 2.86 bits per heavy atom. The van der Waals surface area contributed by atoms with Crippen molar-refractivity contribution in [1.82, 2.24) is 9.79 Å². The molecule has 1 amide bonds. The number of amides is 1. The van der Waals surface area contributed by atoms with Crippen LogP contribution in [0.25, 0.3) is 0 Å². The highest BCUT2D eigenvalue weighted by molar-refractivity contribution is 14.2. The van der Waals surface area contributed by atoms with E-state index >= 15 is 0 Å². The van der Waals surface area contributed by atoms with E-state index in [2.05, 4.69) is 45.7 Å². The summed E-state index contributed by atoms with van der Waals surface area (Å²) in [4.78, 5) is 13.4. The third-order valence-electron chi connectivity index (χ3n) is 3.21. The van der Waals surface area contributed by atoms with E-state index in [-0.39, 0.29) is 29.0 Å². The maximum absolute atomic E-state index is 13.0. The zero-order valence-corrected chi connectivity index (χ0v) is 16.9. The molecule has 0 saturated carbocycles. The molecule has 122 valence electrons. The van der Waals surface area contributed by atoms with E-state index in [4.69, 9.17) is 4.62 Å². The number of benzene rings is 1. The standard InChI is InChI=1S/C13H17FIN2O2PS2/c1-13(2)11(12(18)16-19-20-15)17(7-8-21-13)22-10-5-3-9(14)4-6-10/h3-6,11,20H,7-8H2,1-2H3,(H,16,18). The quantitative estimate of drug-likeness (QED) is 0.302. The number of nitrogens with zero attached hydrogens (tertiary/aromatic N) is 1. The van der Waals surface area contributed by atoms with Crippen molar-refractivity contribution in [1.29, 1.82) is 0 Å². The predicted octanol–water partition coefficient (Wildman–Crippen LogP) is 4.02. The third kappa shape index (κ3) is 4.95. The minimum Gasteiger partial charge on any atom is -0.271 e. The summed E-state index contributed by atoms with van der Waals surface area (Å²) >= 11 is 5.32. The highest BCUT2D eigenvalue weighted by atomic mass is 127. The molecule has 1 aromatic carbocycles. The fourth-order valence-corrected chi connectivity index (χ4v) is 5.29. The van der Waals surface area contributed by atoms with Crippen molar-refractivity contribution >= 4 is 58.1 Å². The largest absolute Gasteiger partial charge is 0.271 e. The van der Waals surface area contributed by atoms with Gasteiger partial charge in [0.1, 0.15) is 18.3 Å². The van der Waals surface area contributed by atoms with Crippen LogP contribution in [0.5, 0.6) is 0 Å². The zero-order chi connectivity index (χ0) is 16.2. The van der Waals surface area contributed by atoms with Crippen LogP contribution >= 0.6 is 52.2 Å². The Labute approximate surface area is 153 Å². The molecule has 2 unspecified atom stereocenters. The first-order chi connectivity index (χ1) is 10.4. The number of halogens is 2. The Hall–Kier alpha value is 0.400. The summed E-state index contributed by atoms with van der Waals surface area (Å²) in [5, 5.41) is 0. The lowest BCUT2D eigenvalue weighted by molar-refractivity contribution is -0.131. The summed E-state index contributed by atoms with van der Waals surface area (Å²) in [5.74, 6) is 0.542. The van der Waals surface area contributed by atoms with E-state index in [0.717, 1.165) is 17.2 Å². The van der Waals surface area contributed by atoms with E-state index in [1.165, 1.54) is 24.1 Å². The molecule has 0 radical (unpaired) electrons. The average molecular weight is 474 g/mol. The maximum Gasteiger partial charge on any atom is 0.263 e. The molecule has 0 spiro atoms. The molecular formula is C13H17FIN2O2PS2. The summed E-state index contributed by atoms with van der Waals surface area (Å²) in [6, 6.07) is 6.00. The van der Waals surface area contributed by atoms with Gasteiger partial charge in [-0.15, -0.1) is 0 Å². The molecule has 2 atom stereocenters. The van der Waals surface area contributed by atoms with Gasteiger partial charge in [0.25, 0.3) is 5.91 Å². The lowest BCUT2D eigenvalue weighted by atomic mass is 10.0. The van der Waals surface area contributed by atoms with Gasteiger partial charge in [0.15, 0.2) is 0 Å². The molecule has 0 bridgehead atoms. The molecular weight excluding hydrogens is 457 g/mol. The number of hydroxylamine groups is 1. The summed E-state index contributed by atoms with van der Waals surface area (Å²) in [6.07, 6.45) is 0. The summed E-state index contributed by atoms with van der Waals surface area (Å²) in [6.45, 7) is 5.08. The number of nitrogens with one attached hydrogen (secondary N) is 1. The van der Waals surface area contributed by atoms with Crippen LogP contribution in [0.3, 0.4) is 0 Å². The Morgan fingerprint density at radius 2 is 2.23 bits per heavy atom. The van der Waals surface area contributed by atoms with Gasteiger partial charge in [-0.25, -0.2) is 18.8 Å². The number of carbonyl (C=O) groups is 1. The lowest BCUT2D eigenvalue weighted by Gasteiger charge is -2.43. The lowest BCUT2D eigenvalue weighted by Crippen LogP contribution is -2.57. The van der Waals surface area contributed by atoms with Gasteiger partial charge in [-0.3, -0.25) is 4.79 Å². The van der Waals surface area contributed by atoms with E-state index in [9.17, 15) is 9.18 Å². The summed E-state index contributed by atoms with van der Waals surface area (Å²) in [7, 11) is 0. The third-order valence-corrected chi connectivity index (χ3v) is 6.51. The van der Waals surface area contributed by atoms with E-state index in [1.54, 1.807) is 23.9 Å². The Bertz CT molecular complexity index is 521. The van der Waals surface area contributed by atoms with Crippen LogP contribution in [-0.4, -0.2) is 33.3 Å². The van der Waals surface area contributed by atoms with Crippen LogP contribution in [0.1, 0.15) is 13.8 Å². The number of rotatable bonds is 5. The minimum absolute atomic E-state index is 0.143. The van der Waals surface area contributed by atoms with Gasteiger partial charge in [0.2, 0.25) is 0 Å². The molecule has 1 heterocycles. The van der Waals surface area contributed by atoms with Crippen molar-refractivity contribution < 1.29 is 13.8 Å². The average Bonchev–Trinajstić information content (AvgIpc) is 2.46. The van der Waals surface area contributed by atoms with E-state index < -0.39 is 0 Å². The number of thioether (sulfide) groups is 1. The molecule has 1 aliphatic rings. The highest BCUT2D eigenvalue weighted by Crippen LogP contribution is 2.40. The van der Waals surface area contributed by atoms with Crippen molar-refractivity contribution in [3.05, 3.63) is 30.1 Å². The van der Waals surface area contributed by atoms with Crippen LogP contribution in [0.2, 0.25) is 0 Å². The second kappa shape index (κ2) is 8.48. The summed E-state index contributed by atoms with van der Waals surface area (Å²) in [5.41, 5.74) is 2.52. The number of hydrogen-bond donors (Lipinski definition) is 1. The van der Waals surface area contributed by atoms with Crippen molar-refractivity contribution in [3.8, 4) is 0 Å². The predicted molar refractivity (Wildman–Crippen MR) is 101 cm³/mol. The van der Waals surface area contributed by atoms with Crippen molar-refractivity contribution in [2.75, 3.05) is 12.3 Å². The van der Waals surface area contributed by atoms with Gasteiger partial charge in [0, 0.05) is 21.9 Å². The van der Waals surface area contributed by atoms with Crippen molar-refractivity contribution in [2.45, 2.75) is 29.5 Å². The van der Waals surface area contributed by atoms with Gasteiger partial charge >= 0.3 is 0 Å². The Morgan fingerprint density at radius 1 is 1.55 bits per heavy atom. The number of hydrogen-bond acceptors (Lipinski definition) is 5. The number of carbonyl (C=O) groups excluding carboxylic acids is 1. The molecule has 2 rings (SSSR count). The fraction of sp³-hybridized carbons (Fsp3) is 0.462. The van der Waals surface area contributed by atoms with Gasteiger partial charge < -0.3 is 0 Å². The second-order valence-electron chi connectivity index (χ2n) is 5.19. The van der Waals surface area contributed by atoms with Crippen LogP contribution in [-0.2, 0) is 9.42 Å². The zero-order valence-electron chi connectivity index (χ0n) is 12.1. The molecule has 4 nitrogen and oxygen atoms in total. The summed E-state index contributed by atoms with van der Waals surface area (Å²) < 4.78 is 19.9. The van der Waals surface area contributed by atoms with E-state index in [1.807, 2.05) is 0 Å². The van der Waals surface area contributed by atoms with Gasteiger partial charge in [-0.1, -0.05) is 0 Å². The molecule has 1 saturated heterocycles. The topological polar surface area (TPSA) is 41.6 Å². The van der Waals surface area contributed by atoms with Crippen LogP contribution < -0.4 is 5.48 Å². The normalized spacial score (nSPS) is 22.1. The minimum atomic E-state index is -0.325. The fourth-order valence-electron chi connectivity index (χ4n) is 2.25. The van der Waals surface area contributed by atoms with Crippen LogP contribution in [0.4, 0.5) is 4.39 Å². The second-order valence-corrected chi connectivity index (χ2v) is 9.74. The van der Waals surface area contributed by atoms with Gasteiger partial charge in [-0.05, 0) is 72.1 Å². The molecule has 1 N–H and O–H groups in total. The Balaban J connectivity index is 2.15. The van der Waals surface area contributed by atoms with Crippen LogP contribution in [0, 0.1) is 5.82 Å². The molecule has 9 heteroatoms. The monoisotopic (exact) mass is 474 g/mol. The van der Waals surface area contributed by atoms with Crippen molar-refractivity contribution in [2.24, 2.45) is 0 Å². The molecule has 1 aromatic rings.